The molecule has 2 unspecified atom stereocenters. The number of sulfonamides is 1. The highest BCUT2D eigenvalue weighted by Crippen LogP contribution is 2.24. The van der Waals surface area contributed by atoms with E-state index in [1.807, 2.05) is 6.92 Å². The fraction of sp³-hybridized carbons (Fsp3) is 0.909. The van der Waals surface area contributed by atoms with E-state index in [4.69, 9.17) is 4.74 Å². The van der Waals surface area contributed by atoms with Crippen molar-refractivity contribution >= 4 is 15.9 Å². The maximum Gasteiger partial charge on any atom is 0.404 e. The molecule has 118 valence electrons. The highest BCUT2D eigenvalue weighted by atomic mass is 32.2. The average Bonchev–Trinajstić information content (AvgIpc) is 2.25. The van der Waals surface area contributed by atoms with Crippen LogP contribution in [0.1, 0.15) is 32.6 Å². The topological polar surface area (TPSA) is 72.5 Å². The second-order valence-corrected chi connectivity index (χ2v) is 6.57. The van der Waals surface area contributed by atoms with Crippen molar-refractivity contribution < 1.29 is 31.1 Å². The van der Waals surface area contributed by atoms with Gasteiger partial charge in [-0.05, 0) is 19.3 Å². The van der Waals surface area contributed by atoms with Gasteiger partial charge in [0.15, 0.2) is 5.75 Å². The maximum atomic E-state index is 12.1. The van der Waals surface area contributed by atoms with Gasteiger partial charge in [0.05, 0.1) is 6.10 Å². The number of hydrogen-bond acceptors (Lipinski definition) is 4. The first-order chi connectivity index (χ1) is 9.13. The molecular formula is C11H18F3NO4S. The van der Waals surface area contributed by atoms with E-state index in [0.29, 0.717) is 19.4 Å². The minimum atomic E-state index is -4.87. The molecule has 9 heteroatoms. The average molecular weight is 317 g/mol. The van der Waals surface area contributed by atoms with Crippen LogP contribution in [0, 0.1) is 5.92 Å². The number of halogens is 3. The van der Waals surface area contributed by atoms with Crippen LogP contribution in [0.15, 0.2) is 0 Å². The van der Waals surface area contributed by atoms with Gasteiger partial charge in [0, 0.05) is 12.5 Å². The predicted molar refractivity (Wildman–Crippen MR) is 65.4 cm³/mol. The van der Waals surface area contributed by atoms with E-state index in [1.54, 1.807) is 0 Å². The second kappa shape index (κ2) is 6.75. The number of amides is 1. The third kappa shape index (κ3) is 6.08. The molecule has 1 heterocycles. The standard InChI is InChI=1S/C11H18F3NO4S/c1-2-3-9-6-8(4-5-19-9)10(16)15-20(17,18)7-11(12,13)14/h8-9H,2-7H2,1H3,(H,15,16). The molecule has 0 bridgehead atoms. The van der Waals surface area contributed by atoms with Crippen molar-refractivity contribution in [2.75, 3.05) is 12.4 Å². The summed E-state index contributed by atoms with van der Waals surface area (Å²) >= 11 is 0. The van der Waals surface area contributed by atoms with Crippen LogP contribution in [0.4, 0.5) is 13.2 Å². The van der Waals surface area contributed by atoms with Gasteiger partial charge in [0.25, 0.3) is 0 Å². The molecule has 1 N–H and O–H groups in total. The Morgan fingerprint density at radius 3 is 2.60 bits per heavy atom. The number of rotatable bonds is 5. The third-order valence-corrected chi connectivity index (χ3v) is 4.18. The van der Waals surface area contributed by atoms with Gasteiger partial charge in [-0.15, -0.1) is 0 Å². The van der Waals surface area contributed by atoms with Crippen LogP contribution in [-0.4, -0.2) is 39.0 Å². The number of carbonyl (C=O) groups excluding carboxylic acids is 1. The van der Waals surface area contributed by atoms with Crippen molar-refractivity contribution in [1.29, 1.82) is 0 Å². The fourth-order valence-electron chi connectivity index (χ4n) is 2.13. The quantitative estimate of drug-likeness (QED) is 0.836. The predicted octanol–water partition coefficient (Wildman–Crippen LogP) is 1.59. The van der Waals surface area contributed by atoms with Gasteiger partial charge in [-0.2, -0.15) is 13.2 Å². The summed E-state index contributed by atoms with van der Waals surface area (Å²) in [5, 5.41) is 0. The molecular weight excluding hydrogens is 299 g/mol. The zero-order valence-electron chi connectivity index (χ0n) is 11.1. The summed E-state index contributed by atoms with van der Waals surface area (Å²) in [7, 11) is -4.68. The molecule has 0 aromatic rings. The van der Waals surface area contributed by atoms with Gasteiger partial charge >= 0.3 is 6.18 Å². The van der Waals surface area contributed by atoms with Crippen molar-refractivity contribution in [2.45, 2.75) is 44.9 Å². The summed E-state index contributed by atoms with van der Waals surface area (Å²) in [6.07, 6.45) is -2.78. The Balaban J connectivity index is 2.57. The summed E-state index contributed by atoms with van der Waals surface area (Å²) in [6, 6.07) is 0. The van der Waals surface area contributed by atoms with E-state index < -0.39 is 33.8 Å². The van der Waals surface area contributed by atoms with Gasteiger partial charge < -0.3 is 4.74 Å². The molecule has 0 aromatic heterocycles. The lowest BCUT2D eigenvalue weighted by molar-refractivity contribution is -0.128. The van der Waals surface area contributed by atoms with Crippen LogP contribution in [0.3, 0.4) is 0 Å². The van der Waals surface area contributed by atoms with E-state index in [9.17, 15) is 26.4 Å². The number of ether oxygens (including phenoxy) is 1. The molecule has 1 aliphatic heterocycles. The Morgan fingerprint density at radius 2 is 2.05 bits per heavy atom. The minimum absolute atomic E-state index is 0.144. The first-order valence-corrected chi connectivity index (χ1v) is 8.01. The number of nitrogens with one attached hydrogen (secondary N) is 1. The zero-order chi connectivity index (χ0) is 15.4. The first-order valence-electron chi connectivity index (χ1n) is 6.35. The molecule has 1 fully saturated rings. The van der Waals surface area contributed by atoms with Crippen molar-refractivity contribution in [3.8, 4) is 0 Å². The Labute approximate surface area is 115 Å². The molecule has 2 atom stereocenters. The number of carbonyl (C=O) groups is 1. The molecule has 1 aliphatic rings. The van der Waals surface area contributed by atoms with Gasteiger partial charge in [-0.25, -0.2) is 8.42 Å². The highest BCUT2D eigenvalue weighted by Gasteiger charge is 2.37. The first kappa shape index (κ1) is 17.2. The van der Waals surface area contributed by atoms with Crippen molar-refractivity contribution in [3.63, 3.8) is 0 Å². The van der Waals surface area contributed by atoms with Crippen LogP contribution >= 0.6 is 0 Å². The summed E-state index contributed by atoms with van der Waals surface area (Å²) < 4.78 is 65.5. The van der Waals surface area contributed by atoms with Crippen molar-refractivity contribution in [2.24, 2.45) is 5.92 Å². The SMILES string of the molecule is CCCC1CC(C(=O)NS(=O)(=O)CC(F)(F)F)CCO1. The van der Waals surface area contributed by atoms with E-state index in [0.717, 1.165) is 12.8 Å². The lowest BCUT2D eigenvalue weighted by Crippen LogP contribution is -2.43. The molecule has 0 saturated carbocycles. The monoisotopic (exact) mass is 317 g/mol. The van der Waals surface area contributed by atoms with Crippen LogP contribution < -0.4 is 4.72 Å². The third-order valence-electron chi connectivity index (χ3n) is 2.96. The summed E-state index contributed by atoms with van der Waals surface area (Å²) in [5.74, 6) is -3.55. The lowest BCUT2D eigenvalue weighted by Gasteiger charge is -2.28. The second-order valence-electron chi connectivity index (χ2n) is 4.84. The molecule has 0 aromatic carbocycles. The van der Waals surface area contributed by atoms with Gasteiger partial charge in [-0.3, -0.25) is 9.52 Å². The van der Waals surface area contributed by atoms with E-state index in [-0.39, 0.29) is 6.10 Å². The molecule has 0 aliphatic carbocycles. The fourth-order valence-corrected chi connectivity index (χ4v) is 3.11. The van der Waals surface area contributed by atoms with E-state index in [2.05, 4.69) is 0 Å². The van der Waals surface area contributed by atoms with Crippen LogP contribution in [0.25, 0.3) is 0 Å². The Morgan fingerprint density at radius 1 is 1.40 bits per heavy atom. The summed E-state index contributed by atoms with van der Waals surface area (Å²) in [4.78, 5) is 11.7. The van der Waals surface area contributed by atoms with E-state index in [1.165, 1.54) is 4.72 Å². The molecule has 0 spiro atoms. The van der Waals surface area contributed by atoms with Gasteiger partial charge in [-0.1, -0.05) is 13.3 Å². The largest absolute Gasteiger partial charge is 0.404 e. The molecule has 1 saturated heterocycles. The van der Waals surface area contributed by atoms with Crippen molar-refractivity contribution in [3.05, 3.63) is 0 Å². The van der Waals surface area contributed by atoms with Crippen LogP contribution in [0.5, 0.6) is 0 Å². The highest BCUT2D eigenvalue weighted by molar-refractivity contribution is 7.90. The van der Waals surface area contributed by atoms with Crippen LogP contribution in [-0.2, 0) is 19.6 Å². The summed E-state index contributed by atoms with van der Waals surface area (Å²) in [6.45, 7) is 2.25. The number of hydrogen-bond donors (Lipinski definition) is 1. The molecule has 1 rings (SSSR count). The zero-order valence-corrected chi connectivity index (χ0v) is 11.9. The van der Waals surface area contributed by atoms with Crippen molar-refractivity contribution in [1.82, 2.24) is 4.72 Å². The Kier molecular flexibility index (Phi) is 5.81. The Bertz CT molecular complexity index is 433. The molecule has 0 radical (unpaired) electrons. The van der Waals surface area contributed by atoms with E-state index >= 15 is 0 Å². The molecule has 5 nitrogen and oxygen atoms in total. The molecule has 1 amide bonds. The Hall–Kier alpha value is -0.830. The normalized spacial score (nSPS) is 24.4. The minimum Gasteiger partial charge on any atom is -0.378 e. The maximum absolute atomic E-state index is 12.1. The molecule has 20 heavy (non-hydrogen) atoms. The van der Waals surface area contributed by atoms with Gasteiger partial charge in [0.2, 0.25) is 15.9 Å². The lowest BCUT2D eigenvalue weighted by atomic mass is 9.93. The van der Waals surface area contributed by atoms with Crippen LogP contribution in [0.2, 0.25) is 0 Å². The smallest absolute Gasteiger partial charge is 0.378 e. The summed E-state index contributed by atoms with van der Waals surface area (Å²) in [5.41, 5.74) is 0. The number of alkyl halides is 3. The van der Waals surface area contributed by atoms with Gasteiger partial charge in [0.1, 0.15) is 0 Å².